The van der Waals surface area contributed by atoms with Crippen molar-refractivity contribution in [1.82, 2.24) is 5.16 Å². The highest BCUT2D eigenvalue weighted by atomic mass is 32.2. The van der Waals surface area contributed by atoms with Crippen molar-refractivity contribution in [3.05, 3.63) is 65.4 Å². The Morgan fingerprint density at radius 3 is 2.36 bits per heavy atom. The summed E-state index contributed by atoms with van der Waals surface area (Å²) >= 11 is 0. The van der Waals surface area contributed by atoms with E-state index in [1.165, 1.54) is 24.3 Å². The van der Waals surface area contributed by atoms with Crippen molar-refractivity contribution in [2.24, 2.45) is 0 Å². The number of sulfonamides is 1. The molecule has 2 N–H and O–H groups in total. The van der Waals surface area contributed by atoms with Crippen LogP contribution in [0.2, 0.25) is 0 Å². The fourth-order valence-corrected chi connectivity index (χ4v) is 4.56. The number of carbonyl (C=O) groups is 2. The summed E-state index contributed by atoms with van der Waals surface area (Å²) in [6, 6.07) is 13.2. The third kappa shape index (κ3) is 5.06. The standard InChI is InChI=1S/C23H24N4O5S/c1-15-16(2)25-32-23(15)26-33(30,31)20-11-7-18(8-12-20)24-21(28)14-17-5-9-19(10-6-17)27-13-3-4-22(27)29/h5-12,26H,3-4,13-14H2,1-2H3,(H,24,28). The fourth-order valence-electron chi connectivity index (χ4n) is 3.51. The molecule has 33 heavy (non-hydrogen) atoms. The minimum absolute atomic E-state index is 0.0287. The topological polar surface area (TPSA) is 122 Å². The maximum atomic E-state index is 12.6. The van der Waals surface area contributed by atoms with E-state index >= 15 is 0 Å². The van der Waals surface area contributed by atoms with Gasteiger partial charge < -0.3 is 14.7 Å². The molecule has 0 saturated carbocycles. The van der Waals surface area contributed by atoms with Gasteiger partial charge in [0.05, 0.1) is 17.0 Å². The fraction of sp³-hybridized carbons (Fsp3) is 0.261. The number of benzene rings is 2. The molecule has 10 heteroatoms. The first-order valence-corrected chi connectivity index (χ1v) is 12.0. The van der Waals surface area contributed by atoms with Crippen molar-refractivity contribution < 1.29 is 22.5 Å². The summed E-state index contributed by atoms with van der Waals surface area (Å²) in [5, 5.41) is 6.50. The van der Waals surface area contributed by atoms with E-state index < -0.39 is 10.0 Å². The molecule has 0 radical (unpaired) electrons. The van der Waals surface area contributed by atoms with Crippen LogP contribution in [0.4, 0.5) is 17.3 Å². The highest BCUT2D eigenvalue weighted by molar-refractivity contribution is 7.92. The lowest BCUT2D eigenvalue weighted by Gasteiger charge is -2.15. The molecule has 1 fully saturated rings. The van der Waals surface area contributed by atoms with Gasteiger partial charge in [0, 0.05) is 29.9 Å². The molecule has 3 aromatic rings. The minimum atomic E-state index is -3.86. The maximum Gasteiger partial charge on any atom is 0.264 e. The molecule has 9 nitrogen and oxygen atoms in total. The highest BCUT2D eigenvalue weighted by Gasteiger charge is 2.22. The average molecular weight is 469 g/mol. The summed E-state index contributed by atoms with van der Waals surface area (Å²) in [4.78, 5) is 26.0. The smallest absolute Gasteiger partial charge is 0.264 e. The number of hydrogen-bond donors (Lipinski definition) is 2. The Bertz CT molecular complexity index is 1280. The molecule has 0 atom stereocenters. The largest absolute Gasteiger partial charge is 0.337 e. The predicted octanol–water partition coefficient (Wildman–Crippen LogP) is 3.40. The van der Waals surface area contributed by atoms with Crippen LogP contribution in [0.15, 0.2) is 57.9 Å². The SMILES string of the molecule is Cc1noc(NS(=O)(=O)c2ccc(NC(=O)Cc3ccc(N4CCCC4=O)cc3)cc2)c1C. The number of amides is 2. The Labute approximate surface area is 191 Å². The summed E-state index contributed by atoms with van der Waals surface area (Å²) in [5.74, 6) is -0.0429. The van der Waals surface area contributed by atoms with Crippen molar-refractivity contribution in [1.29, 1.82) is 0 Å². The Kier molecular flexibility index (Phi) is 6.19. The number of aromatic nitrogens is 1. The Morgan fingerprint density at radius 1 is 1.09 bits per heavy atom. The summed E-state index contributed by atoms with van der Waals surface area (Å²) in [7, 11) is -3.86. The van der Waals surface area contributed by atoms with Gasteiger partial charge in [-0.15, -0.1) is 0 Å². The van der Waals surface area contributed by atoms with Gasteiger partial charge in [-0.1, -0.05) is 17.3 Å². The zero-order valence-corrected chi connectivity index (χ0v) is 19.1. The molecule has 4 rings (SSSR count). The highest BCUT2D eigenvalue weighted by Crippen LogP contribution is 2.24. The van der Waals surface area contributed by atoms with Crippen LogP contribution in [0.1, 0.15) is 29.7 Å². The van der Waals surface area contributed by atoms with E-state index in [0.717, 1.165) is 24.2 Å². The van der Waals surface area contributed by atoms with Crippen molar-refractivity contribution in [3.8, 4) is 0 Å². The molecule has 1 saturated heterocycles. The molecule has 172 valence electrons. The average Bonchev–Trinajstić information content (AvgIpc) is 3.35. The number of aryl methyl sites for hydroxylation is 1. The van der Waals surface area contributed by atoms with Crippen LogP contribution in [0, 0.1) is 13.8 Å². The lowest BCUT2D eigenvalue weighted by Crippen LogP contribution is -2.23. The van der Waals surface area contributed by atoms with Gasteiger partial charge in [0.1, 0.15) is 0 Å². The second-order valence-corrected chi connectivity index (χ2v) is 9.57. The van der Waals surface area contributed by atoms with Gasteiger partial charge in [-0.25, -0.2) is 13.1 Å². The number of rotatable bonds is 7. The molecular weight excluding hydrogens is 444 g/mol. The Hall–Kier alpha value is -3.66. The number of anilines is 3. The summed E-state index contributed by atoms with van der Waals surface area (Å²) in [5.41, 5.74) is 3.34. The second kappa shape index (κ2) is 9.07. The van der Waals surface area contributed by atoms with Crippen LogP contribution >= 0.6 is 0 Å². The van der Waals surface area contributed by atoms with Crippen LogP contribution in [0.25, 0.3) is 0 Å². The molecule has 1 aliphatic rings. The van der Waals surface area contributed by atoms with Crippen molar-refractivity contribution in [2.75, 3.05) is 21.5 Å². The number of nitrogens with one attached hydrogen (secondary N) is 2. The van der Waals surface area contributed by atoms with Crippen molar-refractivity contribution in [2.45, 2.75) is 38.0 Å². The van der Waals surface area contributed by atoms with Gasteiger partial charge in [-0.2, -0.15) is 0 Å². The quantitative estimate of drug-likeness (QED) is 0.548. The monoisotopic (exact) mass is 468 g/mol. The lowest BCUT2D eigenvalue weighted by molar-refractivity contribution is -0.117. The van der Waals surface area contributed by atoms with E-state index in [-0.39, 0.29) is 29.0 Å². The molecule has 0 unspecified atom stereocenters. The summed E-state index contributed by atoms with van der Waals surface area (Å²) < 4.78 is 32.5. The van der Waals surface area contributed by atoms with Crippen LogP contribution in [0.5, 0.6) is 0 Å². The van der Waals surface area contributed by atoms with E-state index in [2.05, 4.69) is 15.2 Å². The van der Waals surface area contributed by atoms with Gasteiger partial charge in [0.2, 0.25) is 17.7 Å². The molecular formula is C23H24N4O5S. The van der Waals surface area contributed by atoms with Gasteiger partial charge in [-0.3, -0.25) is 9.59 Å². The molecule has 2 heterocycles. The molecule has 2 amide bonds. The first-order valence-electron chi connectivity index (χ1n) is 10.5. The van der Waals surface area contributed by atoms with Crippen LogP contribution in [0.3, 0.4) is 0 Å². The van der Waals surface area contributed by atoms with E-state index in [0.29, 0.717) is 23.4 Å². The third-order valence-electron chi connectivity index (χ3n) is 5.52. The van der Waals surface area contributed by atoms with Crippen molar-refractivity contribution >= 4 is 39.1 Å². The zero-order valence-electron chi connectivity index (χ0n) is 18.3. The first kappa shape index (κ1) is 22.5. The Morgan fingerprint density at radius 2 is 1.79 bits per heavy atom. The molecule has 2 aromatic carbocycles. The van der Waals surface area contributed by atoms with Gasteiger partial charge in [0.15, 0.2) is 0 Å². The first-order chi connectivity index (χ1) is 15.7. The molecule has 1 aliphatic heterocycles. The third-order valence-corrected chi connectivity index (χ3v) is 6.87. The van der Waals surface area contributed by atoms with E-state index in [1.807, 2.05) is 24.3 Å². The zero-order chi connectivity index (χ0) is 23.6. The lowest BCUT2D eigenvalue weighted by atomic mass is 10.1. The summed E-state index contributed by atoms with van der Waals surface area (Å²) in [6.07, 6.45) is 1.58. The van der Waals surface area contributed by atoms with Gasteiger partial charge >= 0.3 is 0 Å². The second-order valence-electron chi connectivity index (χ2n) is 7.89. The molecule has 1 aromatic heterocycles. The minimum Gasteiger partial charge on any atom is -0.337 e. The maximum absolute atomic E-state index is 12.6. The van der Waals surface area contributed by atoms with Crippen LogP contribution in [-0.4, -0.2) is 31.9 Å². The number of nitrogens with zero attached hydrogens (tertiary/aromatic N) is 2. The summed E-state index contributed by atoms with van der Waals surface area (Å²) in [6.45, 7) is 4.15. The van der Waals surface area contributed by atoms with E-state index in [4.69, 9.17) is 4.52 Å². The molecule has 0 aliphatic carbocycles. The van der Waals surface area contributed by atoms with Gasteiger partial charge in [-0.05, 0) is 62.2 Å². The van der Waals surface area contributed by atoms with E-state index in [9.17, 15) is 18.0 Å². The van der Waals surface area contributed by atoms with Crippen LogP contribution in [-0.2, 0) is 26.0 Å². The molecule has 0 spiro atoms. The normalized spacial score (nSPS) is 13.9. The van der Waals surface area contributed by atoms with E-state index in [1.54, 1.807) is 18.7 Å². The molecule has 0 bridgehead atoms. The number of hydrogen-bond acceptors (Lipinski definition) is 6. The number of carbonyl (C=O) groups excluding carboxylic acids is 2. The predicted molar refractivity (Wildman–Crippen MR) is 124 cm³/mol. The Balaban J connectivity index is 1.36. The van der Waals surface area contributed by atoms with Crippen LogP contribution < -0.4 is 14.9 Å². The van der Waals surface area contributed by atoms with Gasteiger partial charge in [0.25, 0.3) is 10.0 Å². The van der Waals surface area contributed by atoms with Crippen molar-refractivity contribution in [3.63, 3.8) is 0 Å².